The van der Waals surface area contributed by atoms with Crippen LogP contribution in [0.3, 0.4) is 0 Å². The van der Waals surface area contributed by atoms with Crippen molar-refractivity contribution in [2.45, 2.75) is 5.03 Å². The Hall–Kier alpha value is -1.45. The quantitative estimate of drug-likeness (QED) is 0.665. The fraction of sp³-hybridized carbons (Fsp3) is 0.556. The van der Waals surface area contributed by atoms with Crippen LogP contribution in [0, 0.1) is 0 Å². The maximum atomic E-state index is 12.1. The molecule has 1 aromatic heterocycles. The highest BCUT2D eigenvalue weighted by molar-refractivity contribution is 7.89. The fourth-order valence-electron chi connectivity index (χ4n) is 1.27. The van der Waals surface area contributed by atoms with Crippen LogP contribution in [0.1, 0.15) is 0 Å². The van der Waals surface area contributed by atoms with Crippen molar-refractivity contribution in [3.05, 3.63) is 12.3 Å². The third-order valence-corrected chi connectivity index (χ3v) is 3.98. The molecule has 9 heteroatoms. The number of aromatic nitrogens is 2. The van der Waals surface area contributed by atoms with E-state index >= 15 is 0 Å². The molecular weight excluding hydrogens is 260 g/mol. The van der Waals surface area contributed by atoms with Crippen LogP contribution < -0.4 is 0 Å². The first-order valence-electron chi connectivity index (χ1n) is 5.20. The molecule has 0 unspecified atom stereocenters. The molecule has 0 amide bonds. The first kappa shape index (κ1) is 14.6. The number of nitrogens with zero attached hydrogens (tertiary/aromatic N) is 3. The average molecular weight is 276 g/mol. The van der Waals surface area contributed by atoms with Crippen LogP contribution in [-0.2, 0) is 14.8 Å². The summed E-state index contributed by atoms with van der Waals surface area (Å²) in [5.41, 5.74) is 0. The Bertz CT molecular complexity index is 483. The Morgan fingerprint density at radius 1 is 1.44 bits per heavy atom. The minimum absolute atomic E-state index is 0.0979. The number of hydrogen-bond acceptors (Lipinski definition) is 5. The number of rotatable bonds is 7. The SMILES string of the molecule is CN(C)CCN(CC(=O)O)S(=O)(=O)c1ccn[nH]1. The number of nitrogens with one attached hydrogen (secondary N) is 1. The standard InChI is InChI=1S/C9H16N4O4S/c1-12(2)5-6-13(7-9(14)15)18(16,17)8-3-4-10-11-8/h3-4H,5-7H2,1-2H3,(H,10,11)(H,14,15). The van der Waals surface area contributed by atoms with Crippen LogP contribution in [-0.4, -0.2) is 72.6 Å². The van der Waals surface area contributed by atoms with Gasteiger partial charge in [0.1, 0.15) is 6.54 Å². The first-order chi connectivity index (χ1) is 8.34. The van der Waals surface area contributed by atoms with Crippen LogP contribution in [0.2, 0.25) is 0 Å². The van der Waals surface area contributed by atoms with Crippen LogP contribution in [0.4, 0.5) is 0 Å². The minimum atomic E-state index is -3.84. The lowest BCUT2D eigenvalue weighted by Gasteiger charge is -2.21. The zero-order valence-corrected chi connectivity index (χ0v) is 11.0. The van der Waals surface area contributed by atoms with Crippen molar-refractivity contribution in [3.8, 4) is 0 Å². The number of likely N-dealkylation sites (N-methyl/N-ethyl adjacent to an activating group) is 1. The summed E-state index contributed by atoms with van der Waals surface area (Å²) in [6.45, 7) is -0.0451. The molecule has 18 heavy (non-hydrogen) atoms. The van der Waals surface area contributed by atoms with Crippen LogP contribution in [0.25, 0.3) is 0 Å². The molecule has 2 N–H and O–H groups in total. The van der Waals surface area contributed by atoms with Gasteiger partial charge >= 0.3 is 5.97 Å². The van der Waals surface area contributed by atoms with Crippen LogP contribution in [0.15, 0.2) is 17.3 Å². The summed E-state index contributed by atoms with van der Waals surface area (Å²) >= 11 is 0. The number of aromatic amines is 1. The maximum Gasteiger partial charge on any atom is 0.318 e. The van der Waals surface area contributed by atoms with Crippen molar-refractivity contribution in [1.29, 1.82) is 0 Å². The van der Waals surface area contributed by atoms with Gasteiger partial charge in [0.15, 0.2) is 5.03 Å². The van der Waals surface area contributed by atoms with Gasteiger partial charge in [0.05, 0.1) is 6.20 Å². The highest BCUT2D eigenvalue weighted by Gasteiger charge is 2.27. The Kier molecular flexibility index (Phi) is 4.82. The van der Waals surface area contributed by atoms with Crippen molar-refractivity contribution in [2.24, 2.45) is 0 Å². The van der Waals surface area contributed by atoms with E-state index in [0.29, 0.717) is 6.54 Å². The molecule has 102 valence electrons. The summed E-state index contributed by atoms with van der Waals surface area (Å²) < 4.78 is 25.1. The number of aliphatic carboxylic acids is 1. The molecule has 0 atom stereocenters. The van der Waals surface area contributed by atoms with Gasteiger partial charge in [0, 0.05) is 13.1 Å². The van der Waals surface area contributed by atoms with E-state index in [1.54, 1.807) is 19.0 Å². The molecule has 0 aliphatic heterocycles. The normalized spacial score (nSPS) is 12.2. The molecule has 0 saturated carbocycles. The summed E-state index contributed by atoms with van der Waals surface area (Å²) in [7, 11) is -0.282. The summed E-state index contributed by atoms with van der Waals surface area (Å²) in [6, 6.07) is 1.29. The monoisotopic (exact) mass is 276 g/mol. The zero-order valence-electron chi connectivity index (χ0n) is 10.2. The molecule has 1 heterocycles. The average Bonchev–Trinajstić information content (AvgIpc) is 2.76. The lowest BCUT2D eigenvalue weighted by molar-refractivity contribution is -0.137. The van der Waals surface area contributed by atoms with Crippen LogP contribution >= 0.6 is 0 Å². The zero-order chi connectivity index (χ0) is 13.8. The van der Waals surface area contributed by atoms with E-state index in [-0.39, 0.29) is 11.6 Å². The second-order valence-electron chi connectivity index (χ2n) is 3.96. The minimum Gasteiger partial charge on any atom is -0.480 e. The van der Waals surface area contributed by atoms with Gasteiger partial charge < -0.3 is 10.0 Å². The van der Waals surface area contributed by atoms with Gasteiger partial charge in [0.25, 0.3) is 10.0 Å². The second kappa shape index (κ2) is 5.94. The number of sulfonamides is 1. The van der Waals surface area contributed by atoms with Gasteiger partial charge in [0.2, 0.25) is 0 Å². The maximum absolute atomic E-state index is 12.1. The van der Waals surface area contributed by atoms with Gasteiger partial charge in [-0.25, -0.2) is 8.42 Å². The predicted molar refractivity (Wildman–Crippen MR) is 63.5 cm³/mol. The Morgan fingerprint density at radius 3 is 2.56 bits per heavy atom. The third-order valence-electron chi connectivity index (χ3n) is 2.20. The molecule has 1 aromatic rings. The number of H-pyrrole nitrogens is 1. The van der Waals surface area contributed by atoms with Gasteiger partial charge in [-0.3, -0.25) is 9.89 Å². The van der Waals surface area contributed by atoms with Gasteiger partial charge in [-0.2, -0.15) is 9.40 Å². The molecule has 0 bridgehead atoms. The Balaban J connectivity index is 2.91. The van der Waals surface area contributed by atoms with Gasteiger partial charge in [-0.15, -0.1) is 0 Å². The molecule has 0 saturated heterocycles. The number of carboxylic acid groups (broad SMARTS) is 1. The molecule has 0 aliphatic carbocycles. The molecule has 0 spiro atoms. The van der Waals surface area contributed by atoms with Gasteiger partial charge in [-0.1, -0.05) is 0 Å². The van der Waals surface area contributed by atoms with E-state index < -0.39 is 22.5 Å². The van der Waals surface area contributed by atoms with Crippen molar-refractivity contribution in [2.75, 3.05) is 33.7 Å². The highest BCUT2D eigenvalue weighted by Crippen LogP contribution is 2.11. The number of carboxylic acids is 1. The van der Waals surface area contributed by atoms with E-state index in [2.05, 4.69) is 10.2 Å². The Labute approximate surface area is 105 Å². The fourth-order valence-corrected chi connectivity index (χ4v) is 2.55. The number of carbonyl (C=O) groups is 1. The van der Waals surface area contributed by atoms with Crippen molar-refractivity contribution >= 4 is 16.0 Å². The smallest absolute Gasteiger partial charge is 0.318 e. The summed E-state index contributed by atoms with van der Waals surface area (Å²) in [5.74, 6) is -1.20. The van der Waals surface area contributed by atoms with E-state index in [4.69, 9.17) is 5.11 Å². The second-order valence-corrected chi connectivity index (χ2v) is 5.86. The van der Waals surface area contributed by atoms with Crippen molar-refractivity contribution in [1.82, 2.24) is 19.4 Å². The summed E-state index contributed by atoms with van der Waals surface area (Å²) in [6.07, 6.45) is 1.30. The molecule has 1 rings (SSSR count). The van der Waals surface area contributed by atoms with Gasteiger partial charge in [-0.05, 0) is 20.2 Å². The topological polar surface area (TPSA) is 107 Å². The molecule has 0 aromatic carbocycles. The first-order valence-corrected chi connectivity index (χ1v) is 6.64. The molecule has 0 aliphatic rings. The Morgan fingerprint density at radius 2 is 2.11 bits per heavy atom. The van der Waals surface area contributed by atoms with Crippen molar-refractivity contribution < 1.29 is 18.3 Å². The lowest BCUT2D eigenvalue weighted by Crippen LogP contribution is -2.40. The van der Waals surface area contributed by atoms with E-state index in [9.17, 15) is 13.2 Å². The van der Waals surface area contributed by atoms with E-state index in [1.807, 2.05) is 0 Å². The third kappa shape index (κ3) is 3.79. The van der Waals surface area contributed by atoms with Crippen molar-refractivity contribution in [3.63, 3.8) is 0 Å². The lowest BCUT2D eigenvalue weighted by atomic mass is 10.5. The molecule has 0 fully saturated rings. The summed E-state index contributed by atoms with van der Waals surface area (Å²) in [5, 5.41) is 14.5. The summed E-state index contributed by atoms with van der Waals surface area (Å²) in [4.78, 5) is 12.5. The van der Waals surface area contributed by atoms with E-state index in [1.165, 1.54) is 12.3 Å². The largest absolute Gasteiger partial charge is 0.480 e. The van der Waals surface area contributed by atoms with Crippen LogP contribution in [0.5, 0.6) is 0 Å². The molecule has 0 radical (unpaired) electrons. The number of hydrogen-bond donors (Lipinski definition) is 2. The highest BCUT2D eigenvalue weighted by atomic mass is 32.2. The van der Waals surface area contributed by atoms with E-state index in [0.717, 1.165) is 4.31 Å². The predicted octanol–water partition coefficient (Wildman–Crippen LogP) is -0.953. The molecular formula is C9H16N4O4S. The molecule has 8 nitrogen and oxygen atoms in total.